The molecule has 0 aliphatic rings. The van der Waals surface area contributed by atoms with Gasteiger partial charge in [-0.05, 0) is 24.6 Å². The van der Waals surface area contributed by atoms with Crippen molar-refractivity contribution in [2.45, 2.75) is 6.92 Å². The standard InChI is InChI=1S/C16H12Cl2N2O/c1-9-4-2-5-10(8-9)13-15(21-20-16(13)19)11-6-3-7-12(17)14(11)18/h2-8H,1H3,(H2,19,20). The molecule has 0 atom stereocenters. The first-order valence-corrected chi connectivity index (χ1v) is 7.10. The number of hydrogen-bond donors (Lipinski definition) is 1. The van der Waals surface area contributed by atoms with Crippen molar-refractivity contribution in [2.75, 3.05) is 5.73 Å². The number of aromatic nitrogens is 1. The lowest BCUT2D eigenvalue weighted by atomic mass is 10.00. The summed E-state index contributed by atoms with van der Waals surface area (Å²) >= 11 is 12.3. The van der Waals surface area contributed by atoms with Crippen molar-refractivity contribution in [1.82, 2.24) is 5.16 Å². The maximum absolute atomic E-state index is 6.27. The van der Waals surface area contributed by atoms with Crippen LogP contribution in [0, 0.1) is 6.92 Å². The molecule has 0 radical (unpaired) electrons. The van der Waals surface area contributed by atoms with E-state index in [9.17, 15) is 0 Å². The van der Waals surface area contributed by atoms with Crippen molar-refractivity contribution in [3.63, 3.8) is 0 Å². The highest BCUT2D eigenvalue weighted by Crippen LogP contribution is 2.41. The molecule has 0 spiro atoms. The highest BCUT2D eigenvalue weighted by atomic mass is 35.5. The SMILES string of the molecule is Cc1cccc(-c2c(N)noc2-c2cccc(Cl)c2Cl)c1. The molecule has 2 aromatic carbocycles. The molecular weight excluding hydrogens is 307 g/mol. The lowest BCUT2D eigenvalue weighted by Gasteiger charge is -2.06. The van der Waals surface area contributed by atoms with Gasteiger partial charge in [-0.3, -0.25) is 0 Å². The predicted octanol–water partition coefficient (Wildman–Crippen LogP) is 5.21. The van der Waals surface area contributed by atoms with E-state index in [1.807, 2.05) is 43.3 Å². The molecule has 0 aliphatic heterocycles. The molecule has 3 nitrogen and oxygen atoms in total. The Morgan fingerprint density at radius 1 is 1.10 bits per heavy atom. The van der Waals surface area contributed by atoms with Gasteiger partial charge in [0.1, 0.15) is 0 Å². The summed E-state index contributed by atoms with van der Waals surface area (Å²) in [7, 11) is 0. The Hall–Kier alpha value is -1.97. The Bertz CT molecular complexity index is 812. The number of benzene rings is 2. The highest BCUT2D eigenvalue weighted by molar-refractivity contribution is 6.43. The van der Waals surface area contributed by atoms with Crippen LogP contribution in [0.2, 0.25) is 10.0 Å². The van der Waals surface area contributed by atoms with Gasteiger partial charge in [0.25, 0.3) is 0 Å². The summed E-state index contributed by atoms with van der Waals surface area (Å²) in [6.07, 6.45) is 0. The van der Waals surface area contributed by atoms with Crippen molar-refractivity contribution < 1.29 is 4.52 Å². The summed E-state index contributed by atoms with van der Waals surface area (Å²) in [5.41, 5.74) is 9.42. The monoisotopic (exact) mass is 318 g/mol. The molecule has 3 aromatic rings. The van der Waals surface area contributed by atoms with Gasteiger partial charge in [0.2, 0.25) is 0 Å². The number of nitrogens with zero attached hydrogens (tertiary/aromatic N) is 1. The van der Waals surface area contributed by atoms with Crippen LogP contribution in [0.1, 0.15) is 5.56 Å². The summed E-state index contributed by atoms with van der Waals surface area (Å²) in [5, 5.41) is 4.75. The maximum Gasteiger partial charge on any atom is 0.178 e. The van der Waals surface area contributed by atoms with Gasteiger partial charge in [-0.1, -0.05) is 64.3 Å². The number of aryl methyl sites for hydroxylation is 1. The molecule has 0 amide bonds. The Kier molecular flexibility index (Phi) is 3.62. The van der Waals surface area contributed by atoms with E-state index in [-0.39, 0.29) is 0 Å². The Morgan fingerprint density at radius 3 is 2.62 bits per heavy atom. The first-order valence-electron chi connectivity index (χ1n) is 6.34. The fourth-order valence-corrected chi connectivity index (χ4v) is 2.63. The third-order valence-electron chi connectivity index (χ3n) is 3.22. The normalized spacial score (nSPS) is 10.8. The van der Waals surface area contributed by atoms with Gasteiger partial charge in [0, 0.05) is 5.56 Å². The van der Waals surface area contributed by atoms with Crippen molar-refractivity contribution in [3.8, 4) is 22.5 Å². The number of nitrogens with two attached hydrogens (primary N) is 1. The second-order valence-corrected chi connectivity index (χ2v) is 5.53. The summed E-state index contributed by atoms with van der Waals surface area (Å²) in [6.45, 7) is 2.01. The van der Waals surface area contributed by atoms with Gasteiger partial charge >= 0.3 is 0 Å². The van der Waals surface area contributed by atoms with Crippen LogP contribution >= 0.6 is 23.2 Å². The number of nitrogen functional groups attached to an aromatic ring is 1. The molecule has 0 aliphatic carbocycles. The van der Waals surface area contributed by atoms with Gasteiger partial charge in [0.15, 0.2) is 11.6 Å². The number of hydrogen-bond acceptors (Lipinski definition) is 3. The van der Waals surface area contributed by atoms with E-state index in [0.717, 1.165) is 16.7 Å². The van der Waals surface area contributed by atoms with E-state index < -0.39 is 0 Å². The Labute approximate surface area is 132 Å². The molecule has 0 saturated carbocycles. The molecule has 3 rings (SSSR count). The van der Waals surface area contributed by atoms with Crippen LogP contribution < -0.4 is 5.73 Å². The van der Waals surface area contributed by atoms with Crippen LogP contribution in [-0.4, -0.2) is 5.16 Å². The predicted molar refractivity (Wildman–Crippen MR) is 86.5 cm³/mol. The first-order chi connectivity index (χ1) is 10.1. The third kappa shape index (κ3) is 2.50. The van der Waals surface area contributed by atoms with E-state index in [2.05, 4.69) is 5.16 Å². The average molecular weight is 319 g/mol. The number of halogens is 2. The van der Waals surface area contributed by atoms with Crippen LogP contribution in [0.25, 0.3) is 22.5 Å². The van der Waals surface area contributed by atoms with E-state index in [0.29, 0.717) is 27.2 Å². The lowest BCUT2D eigenvalue weighted by molar-refractivity contribution is 0.436. The topological polar surface area (TPSA) is 52.0 Å². The van der Waals surface area contributed by atoms with E-state index in [1.165, 1.54) is 0 Å². The fraction of sp³-hybridized carbons (Fsp3) is 0.0625. The molecule has 0 saturated heterocycles. The van der Waals surface area contributed by atoms with Crippen molar-refractivity contribution in [1.29, 1.82) is 0 Å². The molecule has 5 heteroatoms. The molecule has 2 N–H and O–H groups in total. The van der Waals surface area contributed by atoms with Gasteiger partial charge in [0.05, 0.1) is 15.6 Å². The zero-order valence-electron chi connectivity index (χ0n) is 11.2. The summed E-state index contributed by atoms with van der Waals surface area (Å²) in [4.78, 5) is 0. The minimum absolute atomic E-state index is 0.326. The van der Waals surface area contributed by atoms with Gasteiger partial charge in [-0.15, -0.1) is 0 Å². The summed E-state index contributed by atoms with van der Waals surface area (Å²) in [6, 6.07) is 13.3. The maximum atomic E-state index is 6.27. The van der Waals surface area contributed by atoms with Crippen LogP contribution in [0.4, 0.5) is 5.82 Å². The highest BCUT2D eigenvalue weighted by Gasteiger charge is 2.20. The zero-order chi connectivity index (χ0) is 15.0. The molecule has 0 bridgehead atoms. The quantitative estimate of drug-likeness (QED) is 0.706. The summed E-state index contributed by atoms with van der Waals surface area (Å²) in [5.74, 6) is 0.845. The number of anilines is 1. The lowest BCUT2D eigenvalue weighted by Crippen LogP contribution is -1.89. The average Bonchev–Trinajstić information content (AvgIpc) is 2.83. The van der Waals surface area contributed by atoms with E-state index >= 15 is 0 Å². The van der Waals surface area contributed by atoms with Gasteiger partial charge in [-0.2, -0.15) is 0 Å². The van der Waals surface area contributed by atoms with Crippen LogP contribution in [0.3, 0.4) is 0 Å². The molecule has 0 unspecified atom stereocenters. The molecule has 106 valence electrons. The minimum atomic E-state index is 0.326. The largest absolute Gasteiger partial charge is 0.380 e. The Balaban J connectivity index is 2.24. The van der Waals surface area contributed by atoms with Crippen LogP contribution in [-0.2, 0) is 0 Å². The Morgan fingerprint density at radius 2 is 1.86 bits per heavy atom. The molecule has 1 aromatic heterocycles. The van der Waals surface area contributed by atoms with Crippen LogP contribution in [0.15, 0.2) is 47.0 Å². The molecule has 1 heterocycles. The zero-order valence-corrected chi connectivity index (χ0v) is 12.7. The van der Waals surface area contributed by atoms with E-state index in [4.69, 9.17) is 33.5 Å². The molecule has 21 heavy (non-hydrogen) atoms. The van der Waals surface area contributed by atoms with Crippen molar-refractivity contribution >= 4 is 29.0 Å². The van der Waals surface area contributed by atoms with E-state index in [1.54, 1.807) is 6.07 Å². The minimum Gasteiger partial charge on any atom is -0.380 e. The molecule has 0 fully saturated rings. The van der Waals surface area contributed by atoms with Gasteiger partial charge < -0.3 is 10.3 Å². The first kappa shape index (κ1) is 14.0. The van der Waals surface area contributed by atoms with Crippen LogP contribution in [0.5, 0.6) is 0 Å². The van der Waals surface area contributed by atoms with Crippen molar-refractivity contribution in [3.05, 3.63) is 58.1 Å². The second-order valence-electron chi connectivity index (χ2n) is 4.74. The van der Waals surface area contributed by atoms with Crippen molar-refractivity contribution in [2.24, 2.45) is 0 Å². The number of rotatable bonds is 2. The molecular formula is C16H12Cl2N2O. The summed E-state index contributed by atoms with van der Waals surface area (Å²) < 4.78 is 5.39. The third-order valence-corrected chi connectivity index (χ3v) is 4.04. The smallest absolute Gasteiger partial charge is 0.178 e. The van der Waals surface area contributed by atoms with Gasteiger partial charge in [-0.25, -0.2) is 0 Å². The fourth-order valence-electron chi connectivity index (χ4n) is 2.24. The second kappa shape index (κ2) is 5.43.